The number of hydrogen-bond acceptors (Lipinski definition) is 3. The van der Waals surface area contributed by atoms with Crippen molar-refractivity contribution in [3.63, 3.8) is 0 Å². The quantitative estimate of drug-likeness (QED) is 0.677. The van der Waals surface area contributed by atoms with Gasteiger partial charge in [-0.05, 0) is 63.6 Å². The molecule has 164 valence electrons. The van der Waals surface area contributed by atoms with Crippen molar-refractivity contribution in [1.82, 2.24) is 5.32 Å². The Morgan fingerprint density at radius 1 is 0.903 bits per heavy atom. The molecule has 1 aliphatic rings. The van der Waals surface area contributed by atoms with Gasteiger partial charge in [0.1, 0.15) is 0 Å². The fourth-order valence-corrected chi connectivity index (χ4v) is 4.36. The highest BCUT2D eigenvalue weighted by Crippen LogP contribution is 2.35. The first-order chi connectivity index (χ1) is 14.6. The van der Waals surface area contributed by atoms with E-state index in [1.165, 1.54) is 0 Å². The number of hydrogen-bond donors (Lipinski definition) is 1. The van der Waals surface area contributed by atoms with Gasteiger partial charge in [-0.3, -0.25) is 14.4 Å². The zero-order chi connectivity index (χ0) is 22.9. The van der Waals surface area contributed by atoms with Crippen molar-refractivity contribution in [2.24, 2.45) is 0 Å². The van der Waals surface area contributed by atoms with Crippen LogP contribution in [0.2, 0.25) is 10.0 Å². The van der Waals surface area contributed by atoms with Crippen LogP contribution in [0.5, 0.6) is 0 Å². The highest BCUT2D eigenvalue weighted by Gasteiger charge is 2.42. The van der Waals surface area contributed by atoms with Gasteiger partial charge in [0.05, 0.1) is 17.8 Å². The van der Waals surface area contributed by atoms with Crippen molar-refractivity contribution < 1.29 is 14.4 Å². The van der Waals surface area contributed by atoms with Crippen molar-refractivity contribution in [1.29, 1.82) is 0 Å². The molecule has 8 heteroatoms. The summed E-state index contributed by atoms with van der Waals surface area (Å²) in [6.07, 6.45) is -0.0619. The lowest BCUT2D eigenvalue weighted by atomic mass is 10.1. The topological polar surface area (TPSA) is 69.7 Å². The number of carbonyl (C=O) groups excluding carboxylic acids is 3. The van der Waals surface area contributed by atoms with Gasteiger partial charge < -0.3 is 15.1 Å². The van der Waals surface area contributed by atoms with E-state index in [0.29, 0.717) is 27.0 Å². The number of halogens is 2. The molecule has 0 fully saturated rings. The summed E-state index contributed by atoms with van der Waals surface area (Å²) < 4.78 is 0. The van der Waals surface area contributed by atoms with E-state index >= 15 is 0 Å². The molecular weight excluding hydrogens is 437 g/mol. The summed E-state index contributed by atoms with van der Waals surface area (Å²) in [5.41, 5.74) is 1.87. The number of anilines is 2. The average Bonchev–Trinajstić information content (AvgIpc) is 2.74. The molecule has 1 N–H and O–H groups in total. The number of benzene rings is 2. The highest BCUT2D eigenvalue weighted by atomic mass is 35.5. The van der Waals surface area contributed by atoms with Crippen molar-refractivity contribution in [2.75, 3.05) is 9.80 Å². The SMILES string of the molecule is CC(C)N1C(=O)C(NC(=O)Cc2cc(Cl)cc(Cl)c2)C(=O)N(C(C)C)c2ccccc21. The van der Waals surface area contributed by atoms with Gasteiger partial charge in [0.2, 0.25) is 5.91 Å². The smallest absolute Gasteiger partial charge is 0.259 e. The summed E-state index contributed by atoms with van der Waals surface area (Å²) >= 11 is 12.0. The van der Waals surface area contributed by atoms with Crippen LogP contribution in [0.4, 0.5) is 11.4 Å². The number of nitrogens with zero attached hydrogens (tertiary/aromatic N) is 2. The molecule has 0 saturated heterocycles. The van der Waals surface area contributed by atoms with Crippen molar-refractivity contribution in [3.05, 3.63) is 58.1 Å². The molecule has 0 unspecified atom stereocenters. The Morgan fingerprint density at radius 2 is 1.35 bits per heavy atom. The molecule has 0 aliphatic carbocycles. The molecular formula is C23H25Cl2N3O3. The zero-order valence-electron chi connectivity index (χ0n) is 17.9. The first kappa shape index (κ1) is 23.1. The predicted molar refractivity (Wildman–Crippen MR) is 124 cm³/mol. The first-order valence-corrected chi connectivity index (χ1v) is 10.8. The Kier molecular flexibility index (Phi) is 6.92. The summed E-state index contributed by atoms with van der Waals surface area (Å²) in [6.45, 7) is 7.49. The van der Waals surface area contributed by atoms with E-state index in [4.69, 9.17) is 23.2 Å². The van der Waals surface area contributed by atoms with Crippen LogP contribution in [-0.2, 0) is 20.8 Å². The van der Waals surface area contributed by atoms with E-state index in [1.807, 2.05) is 52.0 Å². The largest absolute Gasteiger partial charge is 0.336 e. The number of fused-ring (bicyclic) bond motifs is 1. The van der Waals surface area contributed by atoms with E-state index in [-0.39, 0.29) is 18.5 Å². The van der Waals surface area contributed by atoms with E-state index in [9.17, 15) is 14.4 Å². The summed E-state index contributed by atoms with van der Waals surface area (Å²) in [7, 11) is 0. The maximum atomic E-state index is 13.4. The molecule has 0 atom stereocenters. The zero-order valence-corrected chi connectivity index (χ0v) is 19.4. The van der Waals surface area contributed by atoms with Crippen molar-refractivity contribution >= 4 is 52.3 Å². The third-order valence-corrected chi connectivity index (χ3v) is 5.43. The number of para-hydroxylation sites is 2. The van der Waals surface area contributed by atoms with Gasteiger partial charge in [-0.2, -0.15) is 0 Å². The number of rotatable bonds is 5. The van der Waals surface area contributed by atoms with E-state index in [1.54, 1.807) is 28.0 Å². The maximum Gasteiger partial charge on any atom is 0.259 e. The molecule has 0 bridgehead atoms. The summed E-state index contributed by atoms with van der Waals surface area (Å²) in [4.78, 5) is 42.8. The second-order valence-corrected chi connectivity index (χ2v) is 8.92. The highest BCUT2D eigenvalue weighted by molar-refractivity contribution is 6.34. The molecule has 0 spiro atoms. The number of amides is 3. The van der Waals surface area contributed by atoms with Gasteiger partial charge in [0.15, 0.2) is 6.04 Å². The van der Waals surface area contributed by atoms with Crippen LogP contribution in [0.3, 0.4) is 0 Å². The van der Waals surface area contributed by atoms with Crippen LogP contribution in [0.25, 0.3) is 0 Å². The normalized spacial score (nSPS) is 14.8. The van der Waals surface area contributed by atoms with Crippen molar-refractivity contribution in [3.8, 4) is 0 Å². The van der Waals surface area contributed by atoms with E-state index in [2.05, 4.69) is 5.32 Å². The molecule has 2 aromatic carbocycles. The lowest BCUT2D eigenvalue weighted by Crippen LogP contribution is -2.57. The molecule has 6 nitrogen and oxygen atoms in total. The molecule has 31 heavy (non-hydrogen) atoms. The maximum absolute atomic E-state index is 13.4. The molecule has 0 aromatic heterocycles. The molecule has 1 aliphatic heterocycles. The van der Waals surface area contributed by atoms with Crippen LogP contribution in [-0.4, -0.2) is 35.8 Å². The summed E-state index contributed by atoms with van der Waals surface area (Å²) in [6, 6.07) is 10.3. The Balaban J connectivity index is 1.96. The minimum absolute atomic E-state index is 0.0619. The lowest BCUT2D eigenvalue weighted by molar-refractivity contribution is -0.134. The summed E-state index contributed by atoms with van der Waals surface area (Å²) in [5.74, 6) is -1.40. The Bertz CT molecular complexity index is 956. The van der Waals surface area contributed by atoms with Crippen molar-refractivity contribution in [2.45, 2.75) is 52.2 Å². The fourth-order valence-electron chi connectivity index (χ4n) is 3.79. The van der Waals surface area contributed by atoms with E-state index in [0.717, 1.165) is 0 Å². The van der Waals surface area contributed by atoms with Crippen LogP contribution < -0.4 is 15.1 Å². The van der Waals surface area contributed by atoms with E-state index < -0.39 is 23.8 Å². The Labute approximate surface area is 192 Å². The third kappa shape index (κ3) is 4.86. The monoisotopic (exact) mass is 461 g/mol. The third-order valence-electron chi connectivity index (χ3n) is 4.99. The van der Waals surface area contributed by atoms with Gasteiger partial charge in [-0.25, -0.2) is 0 Å². The molecule has 0 saturated carbocycles. The average molecular weight is 462 g/mol. The number of carbonyl (C=O) groups is 3. The molecule has 0 radical (unpaired) electrons. The Hall–Kier alpha value is -2.57. The van der Waals surface area contributed by atoms with Crippen LogP contribution in [0.15, 0.2) is 42.5 Å². The fraction of sp³-hybridized carbons (Fsp3) is 0.348. The molecule has 2 aromatic rings. The van der Waals surface area contributed by atoms with Gasteiger partial charge in [0.25, 0.3) is 11.8 Å². The first-order valence-electron chi connectivity index (χ1n) is 10.1. The van der Waals surface area contributed by atoms with Gasteiger partial charge in [-0.1, -0.05) is 35.3 Å². The summed E-state index contributed by atoms with van der Waals surface area (Å²) in [5, 5.41) is 3.46. The van der Waals surface area contributed by atoms with Crippen LogP contribution in [0.1, 0.15) is 33.3 Å². The van der Waals surface area contributed by atoms with Crippen LogP contribution >= 0.6 is 23.2 Å². The Morgan fingerprint density at radius 3 is 1.77 bits per heavy atom. The predicted octanol–water partition coefficient (Wildman–Crippen LogP) is 4.22. The second-order valence-electron chi connectivity index (χ2n) is 8.05. The standard InChI is InChI=1S/C23H25Cl2N3O3/c1-13(2)27-18-7-5-6-8-19(18)28(14(3)4)23(31)21(22(27)30)26-20(29)11-15-9-16(24)12-17(25)10-15/h5-10,12-14,21H,11H2,1-4H3,(H,26,29). The van der Waals surface area contributed by atoms with Gasteiger partial charge in [0, 0.05) is 22.1 Å². The number of nitrogens with one attached hydrogen (secondary N) is 1. The molecule has 1 heterocycles. The molecule has 3 rings (SSSR count). The minimum Gasteiger partial charge on any atom is -0.336 e. The lowest BCUT2D eigenvalue weighted by Gasteiger charge is -2.29. The minimum atomic E-state index is -1.33. The van der Waals surface area contributed by atoms with Gasteiger partial charge in [-0.15, -0.1) is 0 Å². The van der Waals surface area contributed by atoms with Gasteiger partial charge >= 0.3 is 0 Å². The second kappa shape index (κ2) is 9.28. The van der Waals surface area contributed by atoms with Crippen LogP contribution in [0, 0.1) is 0 Å². The molecule has 3 amide bonds.